The monoisotopic (exact) mass is 368 g/mol. The van der Waals surface area contributed by atoms with Gasteiger partial charge in [0.15, 0.2) is 5.78 Å². The number of aromatic nitrogens is 1. The average molecular weight is 368 g/mol. The van der Waals surface area contributed by atoms with Crippen LogP contribution in [0.3, 0.4) is 0 Å². The smallest absolute Gasteiger partial charge is 0.254 e. The molecule has 1 amide bonds. The lowest BCUT2D eigenvalue weighted by Gasteiger charge is -2.34. The molecule has 0 radical (unpaired) electrons. The van der Waals surface area contributed by atoms with Gasteiger partial charge in [0.1, 0.15) is 23.6 Å². The predicted octanol–water partition coefficient (Wildman–Crippen LogP) is 1.50. The van der Waals surface area contributed by atoms with Gasteiger partial charge in [-0.05, 0) is 25.1 Å². The minimum atomic E-state index is -0.698. The van der Waals surface area contributed by atoms with E-state index in [1.807, 2.05) is 6.07 Å². The second-order valence-corrected chi connectivity index (χ2v) is 7.23. The van der Waals surface area contributed by atoms with Crippen LogP contribution < -0.4 is 10.3 Å². The van der Waals surface area contributed by atoms with Crippen molar-refractivity contribution in [1.29, 1.82) is 0 Å². The quantitative estimate of drug-likeness (QED) is 0.868. The van der Waals surface area contributed by atoms with Crippen molar-refractivity contribution in [3.63, 3.8) is 0 Å². The van der Waals surface area contributed by atoms with E-state index in [-0.39, 0.29) is 30.4 Å². The number of amides is 1. The van der Waals surface area contributed by atoms with Crippen LogP contribution in [-0.2, 0) is 11.3 Å². The first-order chi connectivity index (χ1) is 12.9. The van der Waals surface area contributed by atoms with Crippen LogP contribution >= 0.6 is 0 Å². The summed E-state index contributed by atoms with van der Waals surface area (Å²) in [6.07, 6.45) is 0.814. The molecule has 1 aromatic heterocycles. The Balaban J connectivity index is 1.51. The summed E-state index contributed by atoms with van der Waals surface area (Å²) in [6.45, 7) is 2.35. The van der Waals surface area contributed by atoms with Crippen molar-refractivity contribution in [1.82, 2.24) is 9.47 Å². The topological polar surface area (TPSA) is 88.8 Å². The summed E-state index contributed by atoms with van der Waals surface area (Å²) in [5.74, 6) is 0.261. The van der Waals surface area contributed by atoms with E-state index in [9.17, 15) is 19.5 Å². The van der Waals surface area contributed by atoms with Gasteiger partial charge in [-0.15, -0.1) is 0 Å². The van der Waals surface area contributed by atoms with Gasteiger partial charge in [-0.1, -0.05) is 12.1 Å². The van der Waals surface area contributed by atoms with Crippen LogP contribution in [0.15, 0.2) is 41.2 Å². The molecule has 140 valence electrons. The van der Waals surface area contributed by atoms with Crippen LogP contribution in [0.1, 0.15) is 28.9 Å². The highest BCUT2D eigenvalue weighted by atomic mass is 16.5. The summed E-state index contributed by atoms with van der Waals surface area (Å²) in [7, 11) is 0. The molecule has 4 rings (SSSR count). The molecule has 2 aromatic rings. The van der Waals surface area contributed by atoms with Crippen molar-refractivity contribution in [2.75, 3.05) is 13.1 Å². The number of rotatable bonds is 2. The molecule has 1 N–H and O–H groups in total. The van der Waals surface area contributed by atoms with Gasteiger partial charge < -0.3 is 19.3 Å². The Hall–Kier alpha value is -3.09. The Morgan fingerprint density at radius 2 is 2.04 bits per heavy atom. The number of para-hydroxylation sites is 1. The number of hydrogen-bond donors (Lipinski definition) is 1. The molecular weight excluding hydrogens is 348 g/mol. The molecule has 1 spiro atoms. The predicted molar refractivity (Wildman–Crippen MR) is 97.0 cm³/mol. The maximum Gasteiger partial charge on any atom is 0.254 e. The lowest BCUT2D eigenvalue weighted by atomic mass is 9.89. The minimum Gasteiger partial charge on any atom is -0.508 e. The Bertz CT molecular complexity index is 996. The van der Waals surface area contributed by atoms with E-state index < -0.39 is 11.2 Å². The number of ketones is 1. The molecule has 7 nitrogen and oxygen atoms in total. The number of Topliss-reactive ketones (excluding diaryl/α,β-unsaturated/α-hetero) is 1. The van der Waals surface area contributed by atoms with Crippen molar-refractivity contribution in [2.45, 2.75) is 31.9 Å². The zero-order valence-electron chi connectivity index (χ0n) is 15.0. The number of carbonyl (C=O) groups is 2. The molecule has 0 aliphatic carbocycles. The molecule has 1 unspecified atom stereocenters. The summed E-state index contributed by atoms with van der Waals surface area (Å²) in [6, 6.07) is 9.69. The van der Waals surface area contributed by atoms with E-state index in [0.29, 0.717) is 36.5 Å². The number of aromatic hydroxyl groups is 1. The van der Waals surface area contributed by atoms with Crippen molar-refractivity contribution >= 4 is 11.7 Å². The number of ether oxygens (including phenoxy) is 1. The van der Waals surface area contributed by atoms with E-state index in [1.165, 1.54) is 10.6 Å². The van der Waals surface area contributed by atoms with Crippen LogP contribution in [0, 0.1) is 6.92 Å². The molecule has 7 heteroatoms. The van der Waals surface area contributed by atoms with Crippen molar-refractivity contribution in [3.05, 3.63) is 58.0 Å². The molecule has 0 bridgehead atoms. The first-order valence-corrected chi connectivity index (χ1v) is 8.86. The fraction of sp³-hybridized carbons (Fsp3) is 0.350. The summed E-state index contributed by atoms with van der Waals surface area (Å²) >= 11 is 0. The fourth-order valence-corrected chi connectivity index (χ4v) is 3.88. The number of nitrogens with zero attached hydrogens (tertiary/aromatic N) is 2. The normalized spacial score (nSPS) is 21.2. The number of aryl methyl sites for hydroxylation is 1. The molecule has 1 fully saturated rings. The molecule has 1 saturated heterocycles. The van der Waals surface area contributed by atoms with E-state index in [0.717, 1.165) is 6.07 Å². The van der Waals surface area contributed by atoms with Gasteiger partial charge in [-0.25, -0.2) is 0 Å². The zero-order valence-corrected chi connectivity index (χ0v) is 15.0. The molecular formula is C20H20N2O5. The molecule has 3 heterocycles. The van der Waals surface area contributed by atoms with Crippen LogP contribution in [0.4, 0.5) is 0 Å². The number of hydrogen-bond acceptors (Lipinski definition) is 5. The fourth-order valence-electron chi connectivity index (χ4n) is 3.88. The SMILES string of the molecule is Cc1cc(O)cc(=O)n1CC(=O)N1CCC2(CC(=O)c3ccccc3O2)C1. The van der Waals surface area contributed by atoms with Gasteiger partial charge in [0.05, 0.1) is 18.5 Å². The Morgan fingerprint density at radius 1 is 1.26 bits per heavy atom. The summed E-state index contributed by atoms with van der Waals surface area (Å²) in [5, 5.41) is 9.48. The Labute approximate surface area is 155 Å². The lowest BCUT2D eigenvalue weighted by Crippen LogP contribution is -2.46. The van der Waals surface area contributed by atoms with Gasteiger partial charge >= 0.3 is 0 Å². The standard InChI is InChI=1S/C20H20N2O5/c1-13-8-14(23)9-18(25)22(13)11-19(26)21-7-6-20(12-21)10-16(24)15-4-2-3-5-17(15)27-20/h2-5,8-9,23H,6-7,10-12H2,1H3. The third-order valence-electron chi connectivity index (χ3n) is 5.28. The summed E-state index contributed by atoms with van der Waals surface area (Å²) in [5.41, 5.74) is -0.0250. The summed E-state index contributed by atoms with van der Waals surface area (Å²) in [4.78, 5) is 38.9. The van der Waals surface area contributed by atoms with Crippen LogP contribution in [-0.4, -0.2) is 45.0 Å². The number of pyridine rings is 1. The highest BCUT2D eigenvalue weighted by Crippen LogP contribution is 2.38. The maximum absolute atomic E-state index is 12.7. The van der Waals surface area contributed by atoms with Crippen LogP contribution in [0.25, 0.3) is 0 Å². The second-order valence-electron chi connectivity index (χ2n) is 7.23. The molecule has 27 heavy (non-hydrogen) atoms. The van der Waals surface area contributed by atoms with Gasteiger partial charge in [0, 0.05) is 24.7 Å². The number of benzene rings is 1. The highest BCUT2D eigenvalue weighted by Gasteiger charge is 2.46. The van der Waals surface area contributed by atoms with Crippen LogP contribution in [0.5, 0.6) is 11.5 Å². The average Bonchev–Trinajstić information content (AvgIpc) is 3.01. The Morgan fingerprint density at radius 3 is 2.81 bits per heavy atom. The largest absolute Gasteiger partial charge is 0.508 e. The van der Waals surface area contributed by atoms with Gasteiger partial charge in [-0.2, -0.15) is 0 Å². The van der Waals surface area contributed by atoms with Gasteiger partial charge in [0.25, 0.3) is 5.56 Å². The van der Waals surface area contributed by atoms with Gasteiger partial charge in [0.2, 0.25) is 5.91 Å². The number of carbonyl (C=O) groups excluding carboxylic acids is 2. The van der Waals surface area contributed by atoms with E-state index in [4.69, 9.17) is 4.74 Å². The third-order valence-corrected chi connectivity index (χ3v) is 5.28. The Kier molecular flexibility index (Phi) is 4.02. The lowest BCUT2D eigenvalue weighted by molar-refractivity contribution is -0.131. The maximum atomic E-state index is 12.7. The molecule has 2 aliphatic rings. The first-order valence-electron chi connectivity index (χ1n) is 8.86. The molecule has 0 saturated carbocycles. The van der Waals surface area contributed by atoms with Crippen molar-refractivity contribution in [2.24, 2.45) is 0 Å². The molecule has 1 aromatic carbocycles. The van der Waals surface area contributed by atoms with E-state index in [2.05, 4.69) is 0 Å². The van der Waals surface area contributed by atoms with Crippen LogP contribution in [0.2, 0.25) is 0 Å². The summed E-state index contributed by atoms with van der Waals surface area (Å²) < 4.78 is 7.46. The van der Waals surface area contributed by atoms with Gasteiger partial charge in [-0.3, -0.25) is 14.4 Å². The van der Waals surface area contributed by atoms with E-state index >= 15 is 0 Å². The van der Waals surface area contributed by atoms with Crippen molar-refractivity contribution in [3.8, 4) is 11.5 Å². The first kappa shape index (κ1) is 17.3. The third kappa shape index (κ3) is 3.09. The second kappa shape index (κ2) is 6.26. The molecule has 2 aliphatic heterocycles. The minimum absolute atomic E-state index is 0.0248. The van der Waals surface area contributed by atoms with Crippen molar-refractivity contribution < 1.29 is 19.4 Å². The zero-order chi connectivity index (χ0) is 19.2. The van der Waals surface area contributed by atoms with E-state index in [1.54, 1.807) is 30.0 Å². The number of likely N-dealkylation sites (tertiary alicyclic amines) is 1. The molecule has 1 atom stereocenters. The number of fused-ring (bicyclic) bond motifs is 1. The highest BCUT2D eigenvalue weighted by molar-refractivity contribution is 6.00.